The fourth-order valence-corrected chi connectivity index (χ4v) is 3.50. The Labute approximate surface area is 115 Å². The highest BCUT2D eigenvalue weighted by atomic mass is 16.6. The topological polar surface area (TPSA) is 82.6 Å². The van der Waals surface area contributed by atoms with Crippen LogP contribution in [0.15, 0.2) is 35.0 Å². The van der Waals surface area contributed by atoms with E-state index in [4.69, 9.17) is 4.63 Å². The lowest BCUT2D eigenvalue weighted by Crippen LogP contribution is -2.45. The van der Waals surface area contributed by atoms with Gasteiger partial charge in [0.1, 0.15) is 17.0 Å². The molecule has 2 aromatic rings. The second kappa shape index (κ2) is 4.12. The molecule has 6 heteroatoms. The highest BCUT2D eigenvalue weighted by Crippen LogP contribution is 2.50. The van der Waals surface area contributed by atoms with Crippen molar-refractivity contribution < 1.29 is 14.9 Å². The van der Waals surface area contributed by atoms with Crippen LogP contribution < -0.4 is 0 Å². The number of aromatic nitrogens is 2. The van der Waals surface area contributed by atoms with Gasteiger partial charge in [-0.2, -0.15) is 5.06 Å². The average Bonchev–Trinajstić information content (AvgIpc) is 3.04. The van der Waals surface area contributed by atoms with Crippen molar-refractivity contribution in [2.45, 2.75) is 36.9 Å². The third kappa shape index (κ3) is 1.49. The molecule has 20 heavy (non-hydrogen) atoms. The standard InChI is InChI=1S/C14H15N3O3/c18-14-8-11(9-4-2-1-3-5-9)17(19)12(14)7-6-10-13(14)16-20-15-10/h1-5,11-12,18-19H,6-8H2/t11-,12+,14+/m0/s1. The van der Waals surface area contributed by atoms with Crippen molar-refractivity contribution in [2.75, 3.05) is 0 Å². The van der Waals surface area contributed by atoms with E-state index in [1.807, 2.05) is 30.3 Å². The zero-order valence-corrected chi connectivity index (χ0v) is 10.8. The minimum absolute atomic E-state index is 0.242. The van der Waals surface area contributed by atoms with Crippen LogP contribution in [0.4, 0.5) is 0 Å². The largest absolute Gasteiger partial charge is 0.382 e. The Hall–Kier alpha value is -1.76. The minimum Gasteiger partial charge on any atom is -0.382 e. The zero-order chi connectivity index (χ0) is 13.7. The van der Waals surface area contributed by atoms with E-state index in [1.54, 1.807) is 0 Å². The number of fused-ring (bicyclic) bond motifs is 3. The van der Waals surface area contributed by atoms with Crippen molar-refractivity contribution >= 4 is 0 Å². The number of rotatable bonds is 1. The number of hydrogen-bond acceptors (Lipinski definition) is 6. The summed E-state index contributed by atoms with van der Waals surface area (Å²) in [6.07, 6.45) is 1.68. The Bertz CT molecular complexity index is 630. The molecule has 2 aliphatic rings. The highest BCUT2D eigenvalue weighted by Gasteiger charge is 2.57. The van der Waals surface area contributed by atoms with Crippen LogP contribution in [0.3, 0.4) is 0 Å². The summed E-state index contributed by atoms with van der Waals surface area (Å²) in [5, 5.41) is 30.4. The van der Waals surface area contributed by atoms with E-state index < -0.39 is 5.60 Å². The molecule has 1 aliphatic heterocycles. The van der Waals surface area contributed by atoms with Crippen LogP contribution in [0.2, 0.25) is 0 Å². The Morgan fingerprint density at radius 3 is 2.85 bits per heavy atom. The molecular weight excluding hydrogens is 258 g/mol. The maximum absolute atomic E-state index is 11.0. The summed E-state index contributed by atoms with van der Waals surface area (Å²) in [5.74, 6) is 0. The normalized spacial score (nSPS) is 32.9. The van der Waals surface area contributed by atoms with E-state index in [2.05, 4.69) is 10.3 Å². The summed E-state index contributed by atoms with van der Waals surface area (Å²) < 4.78 is 4.76. The van der Waals surface area contributed by atoms with Gasteiger partial charge in [0.25, 0.3) is 0 Å². The van der Waals surface area contributed by atoms with Gasteiger partial charge < -0.3 is 10.3 Å². The van der Waals surface area contributed by atoms with E-state index in [9.17, 15) is 10.3 Å². The molecule has 1 saturated heterocycles. The molecule has 0 amide bonds. The lowest BCUT2D eigenvalue weighted by atomic mass is 9.80. The molecule has 4 rings (SSSR count). The van der Waals surface area contributed by atoms with E-state index in [-0.39, 0.29) is 12.1 Å². The van der Waals surface area contributed by atoms with Crippen molar-refractivity contribution in [2.24, 2.45) is 0 Å². The summed E-state index contributed by atoms with van der Waals surface area (Å²) in [7, 11) is 0. The Morgan fingerprint density at radius 1 is 1.25 bits per heavy atom. The van der Waals surface area contributed by atoms with E-state index >= 15 is 0 Å². The van der Waals surface area contributed by atoms with Gasteiger partial charge in [0, 0.05) is 6.42 Å². The summed E-state index contributed by atoms with van der Waals surface area (Å²) in [4.78, 5) is 0. The second-order valence-corrected chi connectivity index (χ2v) is 5.55. The molecule has 3 atom stereocenters. The number of hydrogen-bond donors (Lipinski definition) is 2. The van der Waals surface area contributed by atoms with Gasteiger partial charge >= 0.3 is 0 Å². The van der Waals surface area contributed by atoms with Crippen molar-refractivity contribution in [3.8, 4) is 0 Å². The van der Waals surface area contributed by atoms with Crippen molar-refractivity contribution in [3.05, 3.63) is 47.3 Å². The van der Waals surface area contributed by atoms with Crippen LogP contribution in [0.5, 0.6) is 0 Å². The average molecular weight is 273 g/mol. The number of benzene rings is 1. The molecule has 0 spiro atoms. The van der Waals surface area contributed by atoms with Crippen LogP contribution in [0.25, 0.3) is 0 Å². The molecular formula is C14H15N3O3. The van der Waals surface area contributed by atoms with Crippen LogP contribution in [-0.2, 0) is 12.0 Å². The maximum Gasteiger partial charge on any atom is 0.141 e. The van der Waals surface area contributed by atoms with Gasteiger partial charge in [-0.3, -0.25) is 0 Å². The smallest absolute Gasteiger partial charge is 0.141 e. The first-order valence-corrected chi connectivity index (χ1v) is 6.76. The van der Waals surface area contributed by atoms with Gasteiger partial charge in [-0.15, -0.1) is 0 Å². The van der Waals surface area contributed by atoms with Gasteiger partial charge in [0.05, 0.1) is 12.1 Å². The highest BCUT2D eigenvalue weighted by molar-refractivity contribution is 5.30. The second-order valence-electron chi connectivity index (χ2n) is 5.55. The summed E-state index contributed by atoms with van der Waals surface area (Å²) in [6, 6.07) is 9.09. The molecule has 1 aromatic carbocycles. The molecule has 0 radical (unpaired) electrons. The third-order valence-corrected chi connectivity index (χ3v) is 4.50. The monoisotopic (exact) mass is 273 g/mol. The molecule has 6 nitrogen and oxygen atoms in total. The summed E-state index contributed by atoms with van der Waals surface area (Å²) in [6.45, 7) is 0. The first-order chi connectivity index (χ1) is 9.70. The van der Waals surface area contributed by atoms with E-state index in [0.717, 1.165) is 5.56 Å². The quantitative estimate of drug-likeness (QED) is 0.817. The Balaban J connectivity index is 1.76. The third-order valence-electron chi connectivity index (χ3n) is 4.50. The van der Waals surface area contributed by atoms with Crippen molar-refractivity contribution in [3.63, 3.8) is 0 Å². The number of aryl methyl sites for hydroxylation is 1. The predicted octanol–water partition coefficient (Wildman–Crippen LogP) is 1.41. The van der Waals surface area contributed by atoms with E-state index in [1.165, 1.54) is 5.06 Å². The minimum atomic E-state index is -1.19. The van der Waals surface area contributed by atoms with Gasteiger partial charge in [0.2, 0.25) is 0 Å². The molecule has 0 saturated carbocycles. The fourth-order valence-electron chi connectivity index (χ4n) is 3.50. The predicted molar refractivity (Wildman–Crippen MR) is 67.7 cm³/mol. The SMILES string of the molecule is ON1[C@H](c2ccccc2)C[C@]2(O)c3nonc3CC[C@@H]12. The Morgan fingerprint density at radius 2 is 2.05 bits per heavy atom. The Kier molecular flexibility index (Phi) is 2.47. The lowest BCUT2D eigenvalue weighted by molar-refractivity contribution is -0.163. The number of aliphatic hydroxyl groups is 1. The zero-order valence-electron chi connectivity index (χ0n) is 10.8. The van der Waals surface area contributed by atoms with E-state index in [0.29, 0.717) is 30.7 Å². The fraction of sp³-hybridized carbons (Fsp3) is 0.429. The molecule has 2 heterocycles. The molecule has 0 bridgehead atoms. The molecule has 1 aliphatic carbocycles. The van der Waals surface area contributed by atoms with Crippen LogP contribution in [-0.4, -0.2) is 31.7 Å². The number of nitrogens with zero attached hydrogens (tertiary/aromatic N) is 3. The van der Waals surface area contributed by atoms with Crippen LogP contribution >= 0.6 is 0 Å². The molecule has 104 valence electrons. The first-order valence-electron chi connectivity index (χ1n) is 6.76. The van der Waals surface area contributed by atoms with Crippen molar-refractivity contribution in [1.29, 1.82) is 0 Å². The van der Waals surface area contributed by atoms with Gasteiger partial charge in [-0.25, -0.2) is 4.63 Å². The van der Waals surface area contributed by atoms with Crippen LogP contribution in [0.1, 0.15) is 35.8 Å². The van der Waals surface area contributed by atoms with Crippen LogP contribution in [0, 0.1) is 0 Å². The molecule has 1 fully saturated rings. The first kappa shape index (κ1) is 12.0. The summed E-state index contributed by atoms with van der Waals surface area (Å²) in [5.41, 5.74) is 0.968. The summed E-state index contributed by atoms with van der Waals surface area (Å²) >= 11 is 0. The maximum atomic E-state index is 11.0. The lowest BCUT2D eigenvalue weighted by Gasteiger charge is -2.33. The molecule has 1 aromatic heterocycles. The molecule has 0 unspecified atom stereocenters. The van der Waals surface area contributed by atoms with Crippen molar-refractivity contribution in [1.82, 2.24) is 15.4 Å². The number of hydroxylamine groups is 2. The van der Waals surface area contributed by atoms with Gasteiger partial charge in [-0.1, -0.05) is 40.6 Å². The molecule has 2 N–H and O–H groups in total. The van der Waals surface area contributed by atoms with Gasteiger partial charge in [0.15, 0.2) is 0 Å². The van der Waals surface area contributed by atoms with Gasteiger partial charge in [-0.05, 0) is 18.4 Å².